The van der Waals surface area contributed by atoms with E-state index in [0.717, 1.165) is 24.4 Å². The van der Waals surface area contributed by atoms with Crippen LogP contribution < -0.4 is 10.3 Å². The third-order valence-electron chi connectivity index (χ3n) is 5.22. The lowest BCUT2D eigenvalue weighted by Gasteiger charge is -2.32. The maximum atomic E-state index is 13.0. The zero-order valence-electron chi connectivity index (χ0n) is 16.8. The third-order valence-corrected chi connectivity index (χ3v) is 5.22. The molecule has 0 unspecified atom stereocenters. The summed E-state index contributed by atoms with van der Waals surface area (Å²) in [5, 5.41) is 12.4. The van der Waals surface area contributed by atoms with Crippen molar-refractivity contribution in [2.45, 2.75) is 25.3 Å². The van der Waals surface area contributed by atoms with Crippen molar-refractivity contribution in [2.24, 2.45) is 7.05 Å². The van der Waals surface area contributed by atoms with Crippen molar-refractivity contribution in [1.82, 2.24) is 29.4 Å². The molecule has 1 aliphatic rings. The topological polar surface area (TPSA) is 95.1 Å². The standard InChI is InChI=1S/C21H24N6O3/c1-25-15-22-23-20(25)16-6-5-11-26(14-16)21(29)18-9-10-19(28)27(24-18)12-13-30-17-7-3-2-4-8-17/h2-4,7-10,15-16H,5-6,11-14H2,1H3/t16-/m1/s1. The van der Waals surface area contributed by atoms with E-state index in [0.29, 0.717) is 13.1 Å². The van der Waals surface area contributed by atoms with Crippen LogP contribution in [0, 0.1) is 0 Å². The molecule has 0 radical (unpaired) electrons. The number of hydrogen-bond donors (Lipinski definition) is 0. The minimum absolute atomic E-state index is 0.139. The van der Waals surface area contributed by atoms with Gasteiger partial charge in [0.05, 0.1) is 6.54 Å². The van der Waals surface area contributed by atoms with E-state index in [-0.39, 0.29) is 36.2 Å². The van der Waals surface area contributed by atoms with Crippen LogP contribution in [0.15, 0.2) is 53.6 Å². The van der Waals surface area contributed by atoms with Crippen molar-refractivity contribution < 1.29 is 9.53 Å². The zero-order chi connectivity index (χ0) is 20.9. The molecule has 3 heterocycles. The number of ether oxygens (including phenoxy) is 1. The number of amides is 1. The maximum Gasteiger partial charge on any atom is 0.274 e. The summed E-state index contributed by atoms with van der Waals surface area (Å²) in [6.45, 7) is 1.76. The molecule has 4 rings (SSSR count). The predicted molar refractivity (Wildman–Crippen MR) is 109 cm³/mol. The molecule has 9 nitrogen and oxygen atoms in total. The molecule has 0 spiro atoms. The molecule has 0 saturated carbocycles. The van der Waals surface area contributed by atoms with Crippen LogP contribution in [0.5, 0.6) is 5.75 Å². The molecule has 2 aromatic heterocycles. The lowest BCUT2D eigenvalue weighted by molar-refractivity contribution is 0.0694. The summed E-state index contributed by atoms with van der Waals surface area (Å²) in [4.78, 5) is 27.0. The minimum Gasteiger partial charge on any atom is -0.492 e. The molecule has 1 aromatic carbocycles. The molecule has 1 amide bonds. The Balaban J connectivity index is 1.43. The summed E-state index contributed by atoms with van der Waals surface area (Å²) < 4.78 is 8.81. The third kappa shape index (κ3) is 4.40. The number of likely N-dealkylation sites (tertiary alicyclic amines) is 1. The number of rotatable bonds is 6. The number of piperidine rings is 1. The lowest BCUT2D eigenvalue weighted by atomic mass is 9.97. The normalized spacial score (nSPS) is 16.4. The average Bonchev–Trinajstić information content (AvgIpc) is 3.21. The molecule has 0 bridgehead atoms. The molecule has 1 fully saturated rings. The largest absolute Gasteiger partial charge is 0.492 e. The van der Waals surface area contributed by atoms with Gasteiger partial charge in [0.15, 0.2) is 0 Å². The van der Waals surface area contributed by atoms with E-state index < -0.39 is 0 Å². The highest BCUT2D eigenvalue weighted by molar-refractivity contribution is 5.92. The molecule has 156 valence electrons. The second kappa shape index (κ2) is 8.89. The minimum atomic E-state index is -0.265. The molecule has 9 heteroatoms. The van der Waals surface area contributed by atoms with Crippen LogP contribution in [-0.4, -0.2) is 55.0 Å². The Kier molecular flexibility index (Phi) is 5.87. The first kappa shape index (κ1) is 19.8. The van der Waals surface area contributed by atoms with E-state index in [1.54, 1.807) is 11.2 Å². The predicted octanol–water partition coefficient (Wildman–Crippen LogP) is 1.47. The fraction of sp³-hybridized carbons (Fsp3) is 0.381. The Morgan fingerprint density at radius 3 is 2.80 bits per heavy atom. The number of benzene rings is 1. The maximum absolute atomic E-state index is 13.0. The van der Waals surface area contributed by atoms with Gasteiger partial charge in [-0.05, 0) is 31.0 Å². The molecule has 1 saturated heterocycles. The Hall–Kier alpha value is -3.49. The molecule has 3 aromatic rings. The first-order valence-corrected chi connectivity index (χ1v) is 10.0. The van der Waals surface area contributed by atoms with Gasteiger partial charge in [-0.15, -0.1) is 10.2 Å². The van der Waals surface area contributed by atoms with Gasteiger partial charge >= 0.3 is 0 Å². The SMILES string of the molecule is Cn1cnnc1[C@@H]1CCCN(C(=O)c2ccc(=O)n(CCOc3ccccc3)n2)C1. The van der Waals surface area contributed by atoms with Gasteiger partial charge in [0.2, 0.25) is 0 Å². The zero-order valence-corrected chi connectivity index (χ0v) is 16.8. The molecule has 0 N–H and O–H groups in total. The Morgan fingerprint density at radius 2 is 2.03 bits per heavy atom. The summed E-state index contributed by atoms with van der Waals surface area (Å²) in [5.41, 5.74) is -0.00764. The van der Waals surface area contributed by atoms with Gasteiger partial charge in [-0.2, -0.15) is 5.10 Å². The fourth-order valence-electron chi connectivity index (χ4n) is 3.69. The molecule has 0 aliphatic carbocycles. The van der Waals surface area contributed by atoms with Crippen molar-refractivity contribution in [2.75, 3.05) is 19.7 Å². The average molecular weight is 408 g/mol. The van der Waals surface area contributed by atoms with Gasteiger partial charge < -0.3 is 14.2 Å². The van der Waals surface area contributed by atoms with Crippen LogP contribution in [0.3, 0.4) is 0 Å². The fourth-order valence-corrected chi connectivity index (χ4v) is 3.69. The van der Waals surface area contributed by atoms with Crippen LogP contribution >= 0.6 is 0 Å². The van der Waals surface area contributed by atoms with Gasteiger partial charge in [0.1, 0.15) is 30.2 Å². The van der Waals surface area contributed by atoms with Crippen LogP contribution in [-0.2, 0) is 13.6 Å². The molecular formula is C21H24N6O3. The van der Waals surface area contributed by atoms with Crippen molar-refractivity contribution in [3.63, 3.8) is 0 Å². The van der Waals surface area contributed by atoms with E-state index in [4.69, 9.17) is 4.74 Å². The molecule has 1 aliphatic heterocycles. The second-order valence-corrected chi connectivity index (χ2v) is 7.33. The Morgan fingerprint density at radius 1 is 1.20 bits per heavy atom. The van der Waals surface area contributed by atoms with Gasteiger partial charge in [-0.1, -0.05) is 18.2 Å². The van der Waals surface area contributed by atoms with E-state index >= 15 is 0 Å². The Labute approximate surface area is 173 Å². The number of carbonyl (C=O) groups is 1. The lowest BCUT2D eigenvalue weighted by Crippen LogP contribution is -2.41. The summed E-state index contributed by atoms with van der Waals surface area (Å²) in [6, 6.07) is 12.2. The Bertz CT molecular complexity index is 1060. The van der Waals surface area contributed by atoms with Crippen LogP contribution in [0.1, 0.15) is 35.1 Å². The van der Waals surface area contributed by atoms with Crippen molar-refractivity contribution in [3.8, 4) is 5.75 Å². The number of hydrogen-bond acceptors (Lipinski definition) is 6. The molecule has 30 heavy (non-hydrogen) atoms. The first-order chi connectivity index (χ1) is 14.6. The van der Waals surface area contributed by atoms with Gasteiger partial charge in [-0.25, -0.2) is 4.68 Å². The van der Waals surface area contributed by atoms with Crippen LogP contribution in [0.2, 0.25) is 0 Å². The van der Waals surface area contributed by atoms with E-state index in [1.807, 2.05) is 41.9 Å². The van der Waals surface area contributed by atoms with Crippen LogP contribution in [0.25, 0.3) is 0 Å². The van der Waals surface area contributed by atoms with Crippen molar-refractivity contribution in [3.05, 3.63) is 70.7 Å². The second-order valence-electron chi connectivity index (χ2n) is 7.33. The smallest absolute Gasteiger partial charge is 0.274 e. The highest BCUT2D eigenvalue weighted by atomic mass is 16.5. The number of carbonyl (C=O) groups excluding carboxylic acids is 1. The summed E-state index contributed by atoms with van der Waals surface area (Å²) in [5.74, 6) is 1.56. The number of para-hydroxylation sites is 1. The highest BCUT2D eigenvalue weighted by Gasteiger charge is 2.28. The van der Waals surface area contributed by atoms with E-state index in [2.05, 4.69) is 15.3 Å². The van der Waals surface area contributed by atoms with Gasteiger partial charge in [-0.3, -0.25) is 9.59 Å². The van der Waals surface area contributed by atoms with E-state index in [1.165, 1.54) is 16.8 Å². The first-order valence-electron chi connectivity index (χ1n) is 10.0. The van der Waals surface area contributed by atoms with Gasteiger partial charge in [0.25, 0.3) is 11.5 Å². The monoisotopic (exact) mass is 408 g/mol. The molecular weight excluding hydrogens is 384 g/mol. The van der Waals surface area contributed by atoms with Gasteiger partial charge in [0, 0.05) is 32.1 Å². The summed E-state index contributed by atoms with van der Waals surface area (Å²) in [6.07, 6.45) is 3.51. The van der Waals surface area contributed by atoms with Crippen molar-refractivity contribution in [1.29, 1.82) is 0 Å². The highest BCUT2D eigenvalue weighted by Crippen LogP contribution is 2.25. The number of nitrogens with zero attached hydrogens (tertiary/aromatic N) is 6. The summed E-state index contributed by atoms with van der Waals surface area (Å²) >= 11 is 0. The quantitative estimate of drug-likeness (QED) is 0.613. The van der Waals surface area contributed by atoms with E-state index in [9.17, 15) is 9.59 Å². The molecule has 1 atom stereocenters. The van der Waals surface area contributed by atoms with Crippen molar-refractivity contribution >= 4 is 5.91 Å². The number of aromatic nitrogens is 5. The summed E-state index contributed by atoms with van der Waals surface area (Å²) in [7, 11) is 1.91. The van der Waals surface area contributed by atoms with Crippen LogP contribution in [0.4, 0.5) is 0 Å². The number of aryl methyl sites for hydroxylation is 1.